The highest BCUT2D eigenvalue weighted by Gasteiger charge is 2.30. The van der Waals surface area contributed by atoms with Gasteiger partial charge in [-0.15, -0.1) is 0 Å². The lowest BCUT2D eigenvalue weighted by Crippen LogP contribution is -2.53. The van der Waals surface area contributed by atoms with Crippen LogP contribution in [0.15, 0.2) is 23.1 Å². The fourth-order valence-electron chi connectivity index (χ4n) is 3.38. The Morgan fingerprint density at radius 1 is 1.21 bits per heavy atom. The number of thiocarbonyl (C=S) groups is 1. The highest BCUT2D eigenvalue weighted by atomic mass is 32.2. The molecule has 2 aliphatic heterocycles. The highest BCUT2D eigenvalue weighted by molar-refractivity contribution is 7.89. The Morgan fingerprint density at radius 2 is 1.93 bits per heavy atom. The van der Waals surface area contributed by atoms with Crippen LogP contribution in [0.1, 0.15) is 12.8 Å². The number of hydrogen-bond donors (Lipinski definition) is 1. The fraction of sp³-hybridized carbons (Fsp3) is 0.611. The lowest BCUT2D eigenvalue weighted by molar-refractivity contribution is 0.113. The van der Waals surface area contributed by atoms with Crippen molar-refractivity contribution in [1.82, 2.24) is 14.5 Å². The quantitative estimate of drug-likeness (QED) is 0.673. The highest BCUT2D eigenvalue weighted by Crippen LogP contribution is 2.30. The molecule has 156 valence electrons. The second-order valence-corrected chi connectivity index (χ2v) is 9.05. The number of benzene rings is 1. The van der Waals surface area contributed by atoms with Gasteiger partial charge in [-0.25, -0.2) is 8.42 Å². The third-order valence-corrected chi connectivity index (χ3v) is 7.32. The number of ether oxygens (including phenoxy) is 3. The van der Waals surface area contributed by atoms with Crippen molar-refractivity contribution in [3.63, 3.8) is 0 Å². The maximum absolute atomic E-state index is 13.0. The van der Waals surface area contributed by atoms with Crippen LogP contribution in [0.25, 0.3) is 0 Å². The third kappa shape index (κ3) is 4.68. The Labute approximate surface area is 171 Å². The van der Waals surface area contributed by atoms with Crippen molar-refractivity contribution in [2.24, 2.45) is 0 Å². The van der Waals surface area contributed by atoms with Crippen LogP contribution in [-0.2, 0) is 14.8 Å². The van der Waals surface area contributed by atoms with Crippen molar-refractivity contribution in [3.8, 4) is 11.5 Å². The van der Waals surface area contributed by atoms with Gasteiger partial charge in [-0.3, -0.25) is 0 Å². The van der Waals surface area contributed by atoms with E-state index in [9.17, 15) is 8.42 Å². The Balaban J connectivity index is 1.58. The molecule has 2 heterocycles. The number of hydrogen-bond acceptors (Lipinski definition) is 6. The largest absolute Gasteiger partial charge is 0.493 e. The Morgan fingerprint density at radius 3 is 2.54 bits per heavy atom. The van der Waals surface area contributed by atoms with Crippen molar-refractivity contribution in [2.45, 2.75) is 23.8 Å². The number of methoxy groups -OCH3 is 2. The molecule has 3 rings (SSSR count). The lowest BCUT2D eigenvalue weighted by Gasteiger charge is -2.35. The molecular weight excluding hydrogens is 402 g/mol. The number of nitrogens with one attached hydrogen (secondary N) is 1. The number of sulfonamides is 1. The zero-order valence-electron chi connectivity index (χ0n) is 16.2. The van der Waals surface area contributed by atoms with Crippen LogP contribution in [0.4, 0.5) is 0 Å². The van der Waals surface area contributed by atoms with Gasteiger partial charge in [0.15, 0.2) is 16.6 Å². The molecule has 0 saturated carbocycles. The summed E-state index contributed by atoms with van der Waals surface area (Å²) in [5.74, 6) is 0.885. The molecule has 0 unspecified atom stereocenters. The first kappa shape index (κ1) is 21.1. The summed E-state index contributed by atoms with van der Waals surface area (Å²) in [6.45, 7) is 3.35. The minimum Gasteiger partial charge on any atom is -0.493 e. The van der Waals surface area contributed by atoms with Crippen LogP contribution in [0.3, 0.4) is 0 Å². The molecule has 1 aromatic rings. The maximum Gasteiger partial charge on any atom is 0.243 e. The van der Waals surface area contributed by atoms with Gasteiger partial charge in [0.25, 0.3) is 0 Å². The van der Waals surface area contributed by atoms with Crippen LogP contribution in [0, 0.1) is 0 Å². The summed E-state index contributed by atoms with van der Waals surface area (Å²) in [5.41, 5.74) is 0. The third-order valence-electron chi connectivity index (χ3n) is 5.02. The average molecular weight is 430 g/mol. The molecule has 8 nitrogen and oxygen atoms in total. The van der Waals surface area contributed by atoms with Gasteiger partial charge in [-0.05, 0) is 37.2 Å². The van der Waals surface area contributed by atoms with Crippen molar-refractivity contribution in [3.05, 3.63) is 18.2 Å². The fourth-order valence-corrected chi connectivity index (χ4v) is 5.08. The van der Waals surface area contributed by atoms with Crippen LogP contribution < -0.4 is 14.8 Å². The molecule has 0 aliphatic carbocycles. The van der Waals surface area contributed by atoms with E-state index in [1.54, 1.807) is 6.07 Å². The summed E-state index contributed by atoms with van der Waals surface area (Å²) in [4.78, 5) is 2.20. The van der Waals surface area contributed by atoms with Gasteiger partial charge in [0.05, 0.1) is 25.2 Å². The van der Waals surface area contributed by atoms with E-state index < -0.39 is 10.0 Å². The number of nitrogens with zero attached hydrogens (tertiary/aromatic N) is 2. The van der Waals surface area contributed by atoms with E-state index in [1.807, 2.05) is 4.90 Å². The second kappa shape index (κ2) is 9.25. The summed E-state index contributed by atoms with van der Waals surface area (Å²) >= 11 is 5.46. The van der Waals surface area contributed by atoms with Crippen LogP contribution in [0.5, 0.6) is 11.5 Å². The van der Waals surface area contributed by atoms with Crippen LogP contribution in [-0.4, -0.2) is 82.4 Å². The molecule has 28 heavy (non-hydrogen) atoms. The first-order valence-corrected chi connectivity index (χ1v) is 11.2. The molecular formula is C18H27N3O5S2. The normalized spacial score (nSPS) is 20.8. The first-order valence-electron chi connectivity index (χ1n) is 9.32. The van der Waals surface area contributed by atoms with Gasteiger partial charge < -0.3 is 24.4 Å². The molecule has 2 aliphatic rings. The van der Waals surface area contributed by atoms with Crippen molar-refractivity contribution in [2.75, 3.05) is 53.6 Å². The second-order valence-electron chi connectivity index (χ2n) is 6.73. The van der Waals surface area contributed by atoms with Gasteiger partial charge in [0.2, 0.25) is 10.0 Å². The molecule has 0 amide bonds. The Bertz CT molecular complexity index is 788. The predicted octanol–water partition coefficient (Wildman–Crippen LogP) is 1.06. The van der Waals surface area contributed by atoms with E-state index in [0.717, 1.165) is 19.4 Å². The van der Waals surface area contributed by atoms with Gasteiger partial charge in [-0.2, -0.15) is 4.31 Å². The minimum absolute atomic E-state index is 0.192. The van der Waals surface area contributed by atoms with Crippen LogP contribution in [0.2, 0.25) is 0 Å². The van der Waals surface area contributed by atoms with E-state index in [-0.39, 0.29) is 11.0 Å². The molecule has 10 heteroatoms. The summed E-state index contributed by atoms with van der Waals surface area (Å²) in [6, 6.07) is 4.64. The standard InChI is InChI=1S/C18H27N3O5S2/c1-24-16-6-5-15(12-17(16)25-2)28(22,23)21-9-7-20(8-10-21)18(27)19-13-14-4-3-11-26-14/h5-6,12,14H,3-4,7-11,13H2,1-2H3,(H,19,27)/t14-/m1/s1. The maximum atomic E-state index is 13.0. The average Bonchev–Trinajstić information content (AvgIpc) is 3.25. The predicted molar refractivity (Wildman–Crippen MR) is 109 cm³/mol. The van der Waals surface area contributed by atoms with E-state index >= 15 is 0 Å². The summed E-state index contributed by atoms with van der Waals surface area (Å²) in [7, 11) is -0.608. The Kier molecular flexibility index (Phi) is 6.97. The molecule has 1 atom stereocenters. The van der Waals surface area contributed by atoms with Gasteiger partial charge in [0.1, 0.15) is 0 Å². The lowest BCUT2D eigenvalue weighted by atomic mass is 10.2. The topological polar surface area (TPSA) is 80.3 Å². The molecule has 2 fully saturated rings. The zero-order chi connectivity index (χ0) is 20.1. The van der Waals surface area contributed by atoms with E-state index in [1.165, 1.54) is 30.7 Å². The van der Waals surface area contributed by atoms with E-state index in [4.69, 9.17) is 26.4 Å². The molecule has 1 N–H and O–H groups in total. The molecule has 0 radical (unpaired) electrons. The summed E-state index contributed by atoms with van der Waals surface area (Å²) in [5, 5.41) is 3.89. The molecule has 0 bridgehead atoms. The van der Waals surface area contributed by atoms with Gasteiger partial charge in [-0.1, -0.05) is 0 Å². The van der Waals surface area contributed by atoms with Gasteiger partial charge >= 0.3 is 0 Å². The molecule has 0 spiro atoms. The summed E-state index contributed by atoms with van der Waals surface area (Å²) in [6.07, 6.45) is 2.35. The monoisotopic (exact) mass is 429 g/mol. The number of piperazine rings is 1. The molecule has 2 saturated heterocycles. The van der Waals surface area contributed by atoms with Crippen molar-refractivity contribution >= 4 is 27.4 Å². The van der Waals surface area contributed by atoms with Gasteiger partial charge in [0, 0.05) is 45.4 Å². The smallest absolute Gasteiger partial charge is 0.243 e. The van der Waals surface area contributed by atoms with E-state index in [2.05, 4.69) is 5.32 Å². The SMILES string of the molecule is COc1ccc(S(=O)(=O)N2CCN(C(=S)NC[C@H]3CCCO3)CC2)cc1OC. The Hall–Kier alpha value is -1.62. The van der Waals surface area contributed by atoms with Crippen LogP contribution >= 0.6 is 12.2 Å². The molecule has 1 aromatic carbocycles. The van der Waals surface area contributed by atoms with Crippen molar-refractivity contribution in [1.29, 1.82) is 0 Å². The zero-order valence-corrected chi connectivity index (χ0v) is 17.9. The number of rotatable bonds is 6. The summed E-state index contributed by atoms with van der Waals surface area (Å²) < 4.78 is 43.4. The van der Waals surface area contributed by atoms with Crippen molar-refractivity contribution < 1.29 is 22.6 Å². The molecule has 0 aromatic heterocycles. The first-order chi connectivity index (χ1) is 13.5. The van der Waals surface area contributed by atoms with E-state index in [0.29, 0.717) is 49.3 Å². The minimum atomic E-state index is -3.61.